The first-order valence-corrected chi connectivity index (χ1v) is 5.99. The molecule has 1 saturated heterocycles. The number of hydrogen-bond donors (Lipinski definition) is 3. The number of hydrogen-bond acceptors (Lipinski definition) is 5. The zero-order valence-corrected chi connectivity index (χ0v) is 10.2. The second-order valence-corrected chi connectivity index (χ2v) is 4.41. The maximum Gasteiger partial charge on any atom is 0.225 e. The van der Waals surface area contributed by atoms with Gasteiger partial charge in [-0.3, -0.25) is 9.59 Å². The van der Waals surface area contributed by atoms with Gasteiger partial charge in [-0.05, 0) is 0 Å². The lowest BCUT2D eigenvalue weighted by molar-refractivity contribution is -0.137. The van der Waals surface area contributed by atoms with Gasteiger partial charge in [-0.15, -0.1) is 0 Å². The number of ether oxygens (including phenoxy) is 1. The molecule has 1 rings (SSSR count). The minimum absolute atomic E-state index is 0.0288. The summed E-state index contributed by atoms with van der Waals surface area (Å²) in [4.78, 5) is 23.9. The molecule has 0 aliphatic carbocycles. The van der Waals surface area contributed by atoms with E-state index in [0.29, 0.717) is 26.3 Å². The summed E-state index contributed by atoms with van der Waals surface area (Å²) in [7, 11) is 0. The maximum absolute atomic E-state index is 11.7. The van der Waals surface area contributed by atoms with E-state index < -0.39 is 18.1 Å². The lowest BCUT2D eigenvalue weighted by atomic mass is 10.1. The first kappa shape index (κ1) is 14.9. The van der Waals surface area contributed by atoms with Gasteiger partial charge >= 0.3 is 0 Å². The van der Waals surface area contributed by atoms with Gasteiger partial charge in [-0.25, -0.2) is 0 Å². The third-order valence-electron chi connectivity index (χ3n) is 2.75. The van der Waals surface area contributed by atoms with Crippen LogP contribution >= 0.6 is 0 Å². The van der Waals surface area contributed by atoms with Gasteiger partial charge in [0, 0.05) is 19.5 Å². The van der Waals surface area contributed by atoms with Gasteiger partial charge < -0.3 is 25.6 Å². The number of carbonyl (C=O) groups is 2. The Kier molecular flexibility index (Phi) is 6.03. The maximum atomic E-state index is 11.7. The molecule has 1 heterocycles. The molecule has 0 radical (unpaired) electrons. The van der Waals surface area contributed by atoms with E-state index in [1.807, 2.05) is 0 Å². The molecule has 1 aliphatic heterocycles. The van der Waals surface area contributed by atoms with E-state index in [1.165, 1.54) is 0 Å². The van der Waals surface area contributed by atoms with Crippen molar-refractivity contribution in [1.29, 1.82) is 0 Å². The fraction of sp³-hybridized carbons (Fsp3) is 0.818. The molecule has 0 aromatic carbocycles. The van der Waals surface area contributed by atoms with Crippen LogP contribution in [0, 0.1) is 0 Å². The fourth-order valence-electron chi connectivity index (χ4n) is 1.86. The number of aliphatic hydroxyl groups is 2. The fourth-order valence-corrected chi connectivity index (χ4v) is 1.86. The summed E-state index contributed by atoms with van der Waals surface area (Å²) in [5.74, 6) is -0.800. The van der Waals surface area contributed by atoms with Crippen LogP contribution in [0.4, 0.5) is 0 Å². The van der Waals surface area contributed by atoms with E-state index in [9.17, 15) is 19.8 Å². The Morgan fingerprint density at radius 3 is 2.28 bits per heavy atom. The number of morpholine rings is 1. The highest BCUT2D eigenvalue weighted by molar-refractivity contribution is 5.77. The van der Waals surface area contributed by atoms with E-state index in [-0.39, 0.29) is 25.2 Å². The van der Waals surface area contributed by atoms with E-state index in [0.717, 1.165) is 0 Å². The normalized spacial score (nSPS) is 19.3. The van der Waals surface area contributed by atoms with Gasteiger partial charge in [0.15, 0.2) is 0 Å². The number of nitrogens with zero attached hydrogens (tertiary/aromatic N) is 1. The SMILES string of the molecule is NC(=O)C[C@H](O)C[C@@H](O)CC(=O)N1CCOCC1. The average Bonchev–Trinajstić information content (AvgIpc) is 2.28. The summed E-state index contributed by atoms with van der Waals surface area (Å²) in [6, 6.07) is 0. The summed E-state index contributed by atoms with van der Waals surface area (Å²) in [5, 5.41) is 19.1. The number of primary amides is 1. The Bertz CT molecular complexity index is 291. The molecule has 0 saturated carbocycles. The number of rotatable bonds is 6. The molecule has 0 spiro atoms. The van der Waals surface area contributed by atoms with E-state index in [1.54, 1.807) is 4.90 Å². The van der Waals surface area contributed by atoms with Crippen LogP contribution in [-0.2, 0) is 14.3 Å². The summed E-state index contributed by atoms with van der Waals surface area (Å²) in [5.41, 5.74) is 4.92. The summed E-state index contributed by atoms with van der Waals surface area (Å²) in [6.07, 6.45) is -2.26. The predicted octanol–water partition coefficient (Wildman–Crippen LogP) is -1.78. The quantitative estimate of drug-likeness (QED) is 0.522. The van der Waals surface area contributed by atoms with Crippen LogP contribution in [0.1, 0.15) is 19.3 Å². The molecule has 7 nitrogen and oxygen atoms in total. The average molecular weight is 260 g/mol. The van der Waals surface area contributed by atoms with Crippen LogP contribution in [0.2, 0.25) is 0 Å². The molecule has 7 heteroatoms. The van der Waals surface area contributed by atoms with Crippen molar-refractivity contribution in [2.45, 2.75) is 31.5 Å². The molecule has 0 bridgehead atoms. The Labute approximate surface area is 106 Å². The molecule has 1 fully saturated rings. The topological polar surface area (TPSA) is 113 Å². The van der Waals surface area contributed by atoms with Crippen molar-refractivity contribution in [3.05, 3.63) is 0 Å². The first-order valence-electron chi connectivity index (χ1n) is 5.99. The molecule has 0 unspecified atom stereocenters. The number of nitrogens with two attached hydrogens (primary N) is 1. The van der Waals surface area contributed by atoms with E-state index in [2.05, 4.69) is 0 Å². The minimum Gasteiger partial charge on any atom is -0.392 e. The lowest BCUT2D eigenvalue weighted by Crippen LogP contribution is -2.42. The highest BCUT2D eigenvalue weighted by Gasteiger charge is 2.22. The Balaban J connectivity index is 2.27. The van der Waals surface area contributed by atoms with Crippen molar-refractivity contribution in [1.82, 2.24) is 4.90 Å². The van der Waals surface area contributed by atoms with Crippen molar-refractivity contribution in [2.24, 2.45) is 5.73 Å². The molecule has 18 heavy (non-hydrogen) atoms. The summed E-state index contributed by atoms with van der Waals surface area (Å²) >= 11 is 0. The molecule has 0 aromatic heterocycles. The minimum atomic E-state index is -1.00. The second kappa shape index (κ2) is 7.30. The highest BCUT2D eigenvalue weighted by atomic mass is 16.5. The van der Waals surface area contributed by atoms with Gasteiger partial charge in [-0.2, -0.15) is 0 Å². The molecule has 2 amide bonds. The Hall–Kier alpha value is -1.18. The van der Waals surface area contributed by atoms with Crippen LogP contribution in [0.3, 0.4) is 0 Å². The third-order valence-corrected chi connectivity index (χ3v) is 2.75. The first-order chi connectivity index (χ1) is 8.49. The predicted molar refractivity (Wildman–Crippen MR) is 62.5 cm³/mol. The number of amides is 2. The molecule has 104 valence electrons. The van der Waals surface area contributed by atoms with Crippen molar-refractivity contribution >= 4 is 11.8 Å². The third kappa shape index (κ3) is 5.44. The van der Waals surface area contributed by atoms with Gasteiger partial charge in [0.2, 0.25) is 11.8 Å². The standard InChI is InChI=1S/C11H20N2O5/c12-10(16)6-8(14)5-9(15)7-11(17)13-1-3-18-4-2-13/h8-9,14-15H,1-7H2,(H2,12,16)/t8-,9-/m1/s1. The van der Waals surface area contributed by atoms with Crippen LogP contribution in [0.25, 0.3) is 0 Å². The highest BCUT2D eigenvalue weighted by Crippen LogP contribution is 2.09. The largest absolute Gasteiger partial charge is 0.392 e. The monoisotopic (exact) mass is 260 g/mol. The second-order valence-electron chi connectivity index (χ2n) is 4.41. The van der Waals surface area contributed by atoms with Gasteiger partial charge in [0.25, 0.3) is 0 Å². The van der Waals surface area contributed by atoms with Crippen LogP contribution in [-0.4, -0.2) is 65.4 Å². The molecular weight excluding hydrogens is 240 g/mol. The van der Waals surface area contributed by atoms with Gasteiger partial charge in [-0.1, -0.05) is 0 Å². The van der Waals surface area contributed by atoms with E-state index in [4.69, 9.17) is 10.5 Å². The van der Waals surface area contributed by atoms with Gasteiger partial charge in [0.05, 0.1) is 38.3 Å². The Morgan fingerprint density at radius 2 is 1.72 bits per heavy atom. The molecule has 2 atom stereocenters. The van der Waals surface area contributed by atoms with Crippen molar-refractivity contribution in [3.63, 3.8) is 0 Å². The van der Waals surface area contributed by atoms with E-state index >= 15 is 0 Å². The number of aliphatic hydroxyl groups excluding tert-OH is 2. The Morgan fingerprint density at radius 1 is 1.17 bits per heavy atom. The smallest absolute Gasteiger partial charge is 0.225 e. The summed E-state index contributed by atoms with van der Waals surface area (Å²) in [6.45, 7) is 2.06. The zero-order valence-electron chi connectivity index (χ0n) is 10.2. The van der Waals surface area contributed by atoms with Crippen molar-refractivity contribution in [3.8, 4) is 0 Å². The van der Waals surface area contributed by atoms with Crippen molar-refractivity contribution < 1.29 is 24.5 Å². The summed E-state index contributed by atoms with van der Waals surface area (Å²) < 4.78 is 5.12. The number of carbonyl (C=O) groups excluding carboxylic acids is 2. The lowest BCUT2D eigenvalue weighted by Gasteiger charge is -2.27. The van der Waals surface area contributed by atoms with Crippen molar-refractivity contribution in [2.75, 3.05) is 26.3 Å². The van der Waals surface area contributed by atoms with Crippen LogP contribution in [0.5, 0.6) is 0 Å². The molecular formula is C11H20N2O5. The molecule has 1 aliphatic rings. The van der Waals surface area contributed by atoms with Crippen LogP contribution in [0.15, 0.2) is 0 Å². The van der Waals surface area contributed by atoms with Crippen LogP contribution < -0.4 is 5.73 Å². The molecule has 0 aromatic rings. The molecule has 4 N–H and O–H groups in total. The zero-order chi connectivity index (χ0) is 13.5. The van der Waals surface area contributed by atoms with Gasteiger partial charge in [0.1, 0.15) is 0 Å².